The summed E-state index contributed by atoms with van der Waals surface area (Å²) in [6.45, 7) is 9.10. The Bertz CT molecular complexity index is 2980. The monoisotopic (exact) mass is 774 g/mol. The quantitative estimate of drug-likeness (QED) is 0.128. The molecule has 1 aliphatic carbocycles. The summed E-state index contributed by atoms with van der Waals surface area (Å²) >= 11 is 0. The number of anilines is 5. The fourth-order valence-electron chi connectivity index (χ4n) is 9.41. The van der Waals surface area contributed by atoms with Crippen molar-refractivity contribution in [3.63, 3.8) is 0 Å². The van der Waals surface area contributed by atoms with Crippen molar-refractivity contribution in [1.82, 2.24) is 0 Å². The zero-order chi connectivity index (χ0) is 40.7. The lowest BCUT2D eigenvalue weighted by molar-refractivity contribution is 0.732. The average Bonchev–Trinajstić information content (AvgIpc) is 3.30. The number of rotatable bonds is 10. The van der Waals surface area contributed by atoms with Gasteiger partial charge in [0.05, 0.1) is 17.4 Å². The van der Waals surface area contributed by atoms with Crippen LogP contribution in [0.4, 0.5) is 28.4 Å². The molecule has 1 aliphatic rings. The zero-order valence-electron chi connectivity index (χ0n) is 34.9. The lowest BCUT2D eigenvalue weighted by Gasteiger charge is -2.35. The first-order chi connectivity index (χ1) is 29.4. The van der Waals surface area contributed by atoms with Crippen LogP contribution in [-0.2, 0) is 0 Å². The van der Waals surface area contributed by atoms with Gasteiger partial charge < -0.3 is 9.80 Å². The molecular weight excluding hydrogens is 725 g/mol. The number of nitrogens with zero attached hydrogens (tertiary/aromatic N) is 2. The summed E-state index contributed by atoms with van der Waals surface area (Å²) in [6, 6.07) is 67.6. The molecule has 1 unspecified atom stereocenters. The van der Waals surface area contributed by atoms with Crippen LogP contribution in [0.25, 0.3) is 54.6 Å². The third-order valence-electron chi connectivity index (χ3n) is 12.5. The van der Waals surface area contributed by atoms with Crippen LogP contribution in [0.1, 0.15) is 45.6 Å². The van der Waals surface area contributed by atoms with Crippen LogP contribution >= 0.6 is 0 Å². The van der Waals surface area contributed by atoms with E-state index < -0.39 is 0 Å². The van der Waals surface area contributed by atoms with E-state index in [-0.39, 0.29) is 6.04 Å². The Morgan fingerprint density at radius 2 is 0.917 bits per heavy atom. The highest BCUT2D eigenvalue weighted by Crippen LogP contribution is 2.51. The predicted molar refractivity (Wildman–Crippen MR) is 259 cm³/mol. The van der Waals surface area contributed by atoms with Crippen molar-refractivity contribution in [2.45, 2.75) is 46.1 Å². The molecule has 0 amide bonds. The summed E-state index contributed by atoms with van der Waals surface area (Å²) in [5.74, 6) is 0.937. The Morgan fingerprint density at radius 3 is 1.42 bits per heavy atom. The van der Waals surface area contributed by atoms with E-state index in [4.69, 9.17) is 0 Å². The maximum atomic E-state index is 2.59. The third kappa shape index (κ3) is 6.63. The first kappa shape index (κ1) is 37.4. The summed E-state index contributed by atoms with van der Waals surface area (Å²) < 4.78 is 0. The molecule has 0 fully saturated rings. The molecule has 0 spiro atoms. The van der Waals surface area contributed by atoms with Crippen molar-refractivity contribution in [1.29, 1.82) is 0 Å². The van der Waals surface area contributed by atoms with E-state index in [0.29, 0.717) is 11.8 Å². The molecule has 0 bridgehead atoms. The first-order valence-corrected chi connectivity index (χ1v) is 21.5. The van der Waals surface area contributed by atoms with E-state index >= 15 is 0 Å². The highest BCUT2D eigenvalue weighted by Gasteiger charge is 2.27. The van der Waals surface area contributed by atoms with Gasteiger partial charge in [0, 0.05) is 38.6 Å². The second-order valence-electron chi connectivity index (χ2n) is 16.8. The van der Waals surface area contributed by atoms with Crippen LogP contribution in [0.2, 0.25) is 0 Å². The second kappa shape index (κ2) is 15.7. The Hall–Kier alpha value is -6.90. The minimum Gasteiger partial charge on any atom is -0.334 e. The number of benzene rings is 9. The van der Waals surface area contributed by atoms with Crippen molar-refractivity contribution in [3.05, 3.63) is 211 Å². The lowest BCUT2D eigenvalue weighted by Crippen LogP contribution is -2.30. The smallest absolute Gasteiger partial charge is 0.0560 e. The van der Waals surface area contributed by atoms with Crippen LogP contribution in [0, 0.1) is 5.92 Å². The van der Waals surface area contributed by atoms with E-state index in [1.165, 1.54) is 77.1 Å². The van der Waals surface area contributed by atoms with Crippen LogP contribution in [0.3, 0.4) is 0 Å². The van der Waals surface area contributed by atoms with Crippen molar-refractivity contribution in [3.8, 4) is 22.3 Å². The van der Waals surface area contributed by atoms with Gasteiger partial charge in [-0.25, -0.2) is 0 Å². The molecule has 1 atom stereocenters. The number of hydrogen-bond donors (Lipinski definition) is 0. The average molecular weight is 775 g/mol. The molecular formula is C58H50N2. The molecule has 2 heteroatoms. The van der Waals surface area contributed by atoms with Crippen molar-refractivity contribution >= 4 is 60.8 Å². The fraction of sp³-hybridized carbons (Fsp3) is 0.138. The Balaban J connectivity index is 1.33. The molecule has 9 aromatic carbocycles. The SMILES string of the molecule is CC(C)C1=CCC(N(c2ccccc2)c2cc(-c3ccccc3)c3ccc4c(N(c5ccccc5)c5ccc(C(C)C)cc5)cc(-c5ccccc5)c5ccc2c3c54)C=C1. The van der Waals surface area contributed by atoms with Gasteiger partial charge in [-0.15, -0.1) is 0 Å². The van der Waals surface area contributed by atoms with Crippen LogP contribution in [-0.4, -0.2) is 6.04 Å². The fourth-order valence-corrected chi connectivity index (χ4v) is 9.41. The van der Waals surface area contributed by atoms with E-state index in [1.54, 1.807) is 0 Å². The molecule has 0 heterocycles. The summed E-state index contributed by atoms with van der Waals surface area (Å²) in [5, 5.41) is 7.57. The molecule has 292 valence electrons. The summed E-state index contributed by atoms with van der Waals surface area (Å²) in [5.41, 5.74) is 13.4. The number of hydrogen-bond acceptors (Lipinski definition) is 2. The van der Waals surface area contributed by atoms with Crippen molar-refractivity contribution in [2.24, 2.45) is 5.92 Å². The molecule has 2 nitrogen and oxygen atoms in total. The summed E-state index contributed by atoms with van der Waals surface area (Å²) in [7, 11) is 0. The van der Waals surface area contributed by atoms with E-state index in [1.807, 2.05) is 0 Å². The largest absolute Gasteiger partial charge is 0.334 e. The van der Waals surface area contributed by atoms with Crippen LogP contribution in [0.5, 0.6) is 0 Å². The van der Waals surface area contributed by atoms with Gasteiger partial charge in [-0.2, -0.15) is 0 Å². The van der Waals surface area contributed by atoms with Gasteiger partial charge in [0.15, 0.2) is 0 Å². The molecule has 0 saturated heterocycles. The molecule has 0 N–H and O–H groups in total. The Kier molecular flexibility index (Phi) is 9.78. The first-order valence-electron chi connectivity index (χ1n) is 21.5. The van der Waals surface area contributed by atoms with Gasteiger partial charge in [0.2, 0.25) is 0 Å². The van der Waals surface area contributed by atoms with Crippen molar-refractivity contribution in [2.75, 3.05) is 9.80 Å². The van der Waals surface area contributed by atoms with Gasteiger partial charge >= 0.3 is 0 Å². The predicted octanol–water partition coefficient (Wildman–Crippen LogP) is 16.6. The van der Waals surface area contributed by atoms with E-state index in [0.717, 1.165) is 23.5 Å². The molecule has 0 saturated carbocycles. The molecule has 60 heavy (non-hydrogen) atoms. The number of para-hydroxylation sites is 2. The molecule has 9 aromatic rings. The molecule has 0 radical (unpaired) electrons. The zero-order valence-corrected chi connectivity index (χ0v) is 34.9. The maximum absolute atomic E-state index is 2.59. The summed E-state index contributed by atoms with van der Waals surface area (Å²) in [4.78, 5) is 5.05. The molecule has 0 aromatic heterocycles. The standard InChI is InChI=1S/C58H50N2/c1-39(2)41-25-29-47(30-26-41)59(45-21-13-7-14-22-45)55-37-53(43-17-9-5-10-18-43)49-34-36-52-56(60(46-23-15-8-16-24-46)48-31-27-42(28-32-48)40(3)4)38-54(44-19-11-6-12-20-44)50-33-35-51(55)57(49)58(50)52/h5-31,33-40,48H,32H2,1-4H3. The Labute approximate surface area is 354 Å². The highest BCUT2D eigenvalue weighted by molar-refractivity contribution is 6.32. The van der Waals surface area contributed by atoms with Gasteiger partial charge in [0.25, 0.3) is 0 Å². The van der Waals surface area contributed by atoms with Crippen LogP contribution < -0.4 is 9.80 Å². The minimum atomic E-state index is 0.148. The normalized spacial score (nSPS) is 14.1. The minimum absolute atomic E-state index is 0.148. The van der Waals surface area contributed by atoms with E-state index in [9.17, 15) is 0 Å². The number of allylic oxidation sites excluding steroid dienone is 2. The maximum Gasteiger partial charge on any atom is 0.0560 e. The van der Waals surface area contributed by atoms with E-state index in [2.05, 4.69) is 238 Å². The lowest BCUT2D eigenvalue weighted by atomic mass is 9.85. The molecule has 10 rings (SSSR count). The van der Waals surface area contributed by atoms with Gasteiger partial charge in [-0.3, -0.25) is 0 Å². The third-order valence-corrected chi connectivity index (χ3v) is 12.5. The van der Waals surface area contributed by atoms with Gasteiger partial charge in [0.1, 0.15) is 0 Å². The second-order valence-corrected chi connectivity index (χ2v) is 16.8. The summed E-state index contributed by atoms with van der Waals surface area (Å²) in [6.07, 6.45) is 8.17. The molecule has 0 aliphatic heterocycles. The Morgan fingerprint density at radius 1 is 0.450 bits per heavy atom. The van der Waals surface area contributed by atoms with Crippen LogP contribution in [0.15, 0.2) is 206 Å². The highest BCUT2D eigenvalue weighted by atomic mass is 15.2. The van der Waals surface area contributed by atoms with Gasteiger partial charge in [-0.05, 0) is 111 Å². The topological polar surface area (TPSA) is 6.48 Å². The van der Waals surface area contributed by atoms with Gasteiger partial charge in [-0.1, -0.05) is 179 Å². The van der Waals surface area contributed by atoms with Crippen molar-refractivity contribution < 1.29 is 0 Å².